The second kappa shape index (κ2) is 6.79. The van der Waals surface area contributed by atoms with Crippen LogP contribution in [0.1, 0.15) is 30.1 Å². The van der Waals surface area contributed by atoms with Crippen LogP contribution in [0.15, 0.2) is 24.3 Å². The molecule has 0 atom stereocenters. The molecule has 0 spiro atoms. The second-order valence-corrected chi connectivity index (χ2v) is 4.32. The lowest BCUT2D eigenvalue weighted by molar-refractivity contribution is -0.128. The number of nitrogens with zero attached hydrogens (tertiary/aromatic N) is 1. The number of amides is 1. The number of benzene rings is 1. The van der Waals surface area contributed by atoms with Crippen LogP contribution in [0.5, 0.6) is 0 Å². The van der Waals surface area contributed by atoms with Gasteiger partial charge in [-0.2, -0.15) is 0 Å². The average molecular weight is 248 g/mol. The van der Waals surface area contributed by atoms with Crippen molar-refractivity contribution >= 4 is 17.4 Å². The van der Waals surface area contributed by atoms with Crippen LogP contribution in [0.2, 0.25) is 0 Å². The van der Waals surface area contributed by atoms with Gasteiger partial charge < -0.3 is 10.2 Å². The monoisotopic (exact) mass is 248 g/mol. The van der Waals surface area contributed by atoms with Gasteiger partial charge in [0.05, 0.1) is 0 Å². The number of nitrogens with one attached hydrogen (secondary N) is 1. The lowest BCUT2D eigenvalue weighted by atomic mass is 10.1. The number of anilines is 1. The summed E-state index contributed by atoms with van der Waals surface area (Å²) in [6.07, 6.45) is 0.979. The minimum atomic E-state index is 0.0975. The number of hydrogen-bond donors (Lipinski definition) is 1. The summed E-state index contributed by atoms with van der Waals surface area (Å²) >= 11 is 0. The molecule has 18 heavy (non-hydrogen) atoms. The van der Waals surface area contributed by atoms with Crippen molar-refractivity contribution < 1.29 is 9.59 Å². The molecule has 1 amide bonds. The molecule has 0 heterocycles. The smallest absolute Gasteiger partial charge is 0.223 e. The summed E-state index contributed by atoms with van der Waals surface area (Å²) in [7, 11) is 3.49. The lowest BCUT2D eigenvalue weighted by Crippen LogP contribution is -2.23. The summed E-state index contributed by atoms with van der Waals surface area (Å²) in [5.74, 6) is 0.240. The number of ketones is 1. The maximum atomic E-state index is 11.4. The maximum Gasteiger partial charge on any atom is 0.223 e. The topological polar surface area (TPSA) is 49.4 Å². The fourth-order valence-electron chi connectivity index (χ4n) is 1.52. The molecule has 0 aliphatic heterocycles. The summed E-state index contributed by atoms with van der Waals surface area (Å²) in [5.41, 5.74) is 1.65. The van der Waals surface area contributed by atoms with Gasteiger partial charge in [0.15, 0.2) is 5.78 Å². The van der Waals surface area contributed by atoms with Gasteiger partial charge in [-0.1, -0.05) is 6.92 Å². The van der Waals surface area contributed by atoms with E-state index in [4.69, 9.17) is 0 Å². The van der Waals surface area contributed by atoms with Crippen molar-refractivity contribution in [3.8, 4) is 0 Å². The molecule has 0 radical (unpaired) electrons. The first-order chi connectivity index (χ1) is 8.54. The minimum Gasteiger partial charge on any atom is -0.385 e. The zero-order valence-electron chi connectivity index (χ0n) is 11.2. The molecule has 0 unspecified atom stereocenters. The Hall–Kier alpha value is -1.84. The third kappa shape index (κ3) is 4.20. The summed E-state index contributed by atoms with van der Waals surface area (Å²) < 4.78 is 0. The highest BCUT2D eigenvalue weighted by Crippen LogP contribution is 2.11. The van der Waals surface area contributed by atoms with Crippen molar-refractivity contribution in [1.82, 2.24) is 4.90 Å². The summed E-state index contributed by atoms with van der Waals surface area (Å²) in [6, 6.07) is 7.34. The molecule has 0 aromatic heterocycles. The van der Waals surface area contributed by atoms with Crippen molar-refractivity contribution in [2.75, 3.05) is 26.0 Å². The van der Waals surface area contributed by atoms with E-state index in [1.807, 2.05) is 31.2 Å². The molecular weight excluding hydrogens is 228 g/mol. The minimum absolute atomic E-state index is 0.0975. The Morgan fingerprint density at radius 2 is 1.78 bits per heavy atom. The van der Waals surface area contributed by atoms with Gasteiger partial charge in [-0.3, -0.25) is 9.59 Å². The molecule has 4 nitrogen and oxygen atoms in total. The van der Waals surface area contributed by atoms with Crippen molar-refractivity contribution in [2.24, 2.45) is 0 Å². The molecule has 0 fully saturated rings. The van der Waals surface area contributed by atoms with E-state index in [-0.39, 0.29) is 11.7 Å². The van der Waals surface area contributed by atoms with Crippen LogP contribution in [0, 0.1) is 0 Å². The summed E-state index contributed by atoms with van der Waals surface area (Å²) in [6.45, 7) is 2.44. The Bertz CT molecular complexity index is 410. The molecule has 1 rings (SSSR count). The molecule has 1 aromatic rings. The van der Waals surface area contributed by atoms with E-state index in [9.17, 15) is 9.59 Å². The number of hydrogen-bond acceptors (Lipinski definition) is 3. The van der Waals surface area contributed by atoms with E-state index < -0.39 is 0 Å². The van der Waals surface area contributed by atoms with Gasteiger partial charge in [-0.25, -0.2) is 0 Å². The first-order valence-corrected chi connectivity index (χ1v) is 6.12. The van der Waals surface area contributed by atoms with E-state index in [1.165, 1.54) is 0 Å². The molecule has 0 saturated carbocycles. The van der Waals surface area contributed by atoms with Crippen molar-refractivity contribution in [3.05, 3.63) is 29.8 Å². The second-order valence-electron chi connectivity index (χ2n) is 4.32. The molecule has 1 N–H and O–H groups in total. The largest absolute Gasteiger partial charge is 0.385 e. The van der Waals surface area contributed by atoms with E-state index >= 15 is 0 Å². The predicted molar refractivity (Wildman–Crippen MR) is 72.9 cm³/mol. The van der Waals surface area contributed by atoms with Crippen LogP contribution in [0.25, 0.3) is 0 Å². The Morgan fingerprint density at radius 3 is 2.28 bits per heavy atom. The number of carbonyl (C=O) groups excluding carboxylic acids is 2. The highest BCUT2D eigenvalue weighted by molar-refractivity contribution is 5.96. The van der Waals surface area contributed by atoms with Crippen LogP contribution in [-0.2, 0) is 4.79 Å². The third-order valence-electron chi connectivity index (χ3n) is 2.69. The molecular formula is C14H20N2O2. The van der Waals surface area contributed by atoms with E-state index in [0.717, 1.165) is 11.3 Å². The van der Waals surface area contributed by atoms with Crippen LogP contribution < -0.4 is 5.32 Å². The fraction of sp³-hybridized carbons (Fsp3) is 0.429. The molecule has 98 valence electrons. The van der Waals surface area contributed by atoms with E-state index in [0.29, 0.717) is 19.4 Å². The quantitative estimate of drug-likeness (QED) is 0.785. The van der Waals surface area contributed by atoms with Gasteiger partial charge in [0, 0.05) is 44.7 Å². The molecule has 0 aliphatic rings. The molecule has 4 heteroatoms. The van der Waals surface area contributed by atoms with E-state index in [2.05, 4.69) is 5.32 Å². The Labute approximate surface area is 108 Å². The summed E-state index contributed by atoms with van der Waals surface area (Å²) in [5, 5.41) is 3.16. The average Bonchev–Trinajstić information content (AvgIpc) is 2.38. The highest BCUT2D eigenvalue weighted by Gasteiger charge is 2.04. The van der Waals surface area contributed by atoms with Crippen molar-refractivity contribution in [1.29, 1.82) is 0 Å². The number of rotatable bonds is 6. The molecule has 0 saturated heterocycles. The molecule has 0 bridgehead atoms. The van der Waals surface area contributed by atoms with Crippen LogP contribution in [-0.4, -0.2) is 37.2 Å². The van der Waals surface area contributed by atoms with Gasteiger partial charge in [-0.15, -0.1) is 0 Å². The number of carbonyl (C=O) groups is 2. The zero-order valence-corrected chi connectivity index (χ0v) is 11.2. The Kier molecular flexibility index (Phi) is 5.36. The lowest BCUT2D eigenvalue weighted by Gasteiger charge is -2.11. The normalized spacial score (nSPS) is 9.94. The van der Waals surface area contributed by atoms with Crippen molar-refractivity contribution in [3.63, 3.8) is 0 Å². The van der Waals surface area contributed by atoms with Gasteiger partial charge in [0.1, 0.15) is 0 Å². The van der Waals surface area contributed by atoms with Crippen LogP contribution in [0.3, 0.4) is 0 Å². The first-order valence-electron chi connectivity index (χ1n) is 6.12. The molecule has 0 aliphatic carbocycles. The van der Waals surface area contributed by atoms with Gasteiger partial charge in [0.25, 0.3) is 0 Å². The Balaban J connectivity index is 2.45. The third-order valence-corrected chi connectivity index (χ3v) is 2.69. The molecule has 1 aromatic carbocycles. The van der Waals surface area contributed by atoms with Crippen molar-refractivity contribution in [2.45, 2.75) is 19.8 Å². The number of Topliss-reactive ketones (excluding diaryl/α,β-unsaturated/α-hetero) is 1. The zero-order chi connectivity index (χ0) is 13.5. The van der Waals surface area contributed by atoms with Gasteiger partial charge in [0.2, 0.25) is 5.91 Å². The van der Waals surface area contributed by atoms with E-state index in [1.54, 1.807) is 19.0 Å². The first kappa shape index (κ1) is 14.2. The standard InChI is InChI=1S/C14H20N2O2/c1-4-13(17)11-5-7-12(8-6-11)15-10-9-14(18)16(2)3/h5-8,15H,4,9-10H2,1-3H3. The predicted octanol–water partition coefficient (Wildman–Crippen LogP) is 2.17. The van der Waals surface area contributed by atoms with Gasteiger partial charge >= 0.3 is 0 Å². The van der Waals surface area contributed by atoms with Gasteiger partial charge in [-0.05, 0) is 24.3 Å². The SMILES string of the molecule is CCC(=O)c1ccc(NCCC(=O)N(C)C)cc1. The van der Waals surface area contributed by atoms with Crippen LogP contribution >= 0.6 is 0 Å². The fourth-order valence-corrected chi connectivity index (χ4v) is 1.52. The summed E-state index contributed by atoms with van der Waals surface area (Å²) in [4.78, 5) is 24.4. The Morgan fingerprint density at radius 1 is 1.17 bits per heavy atom. The highest BCUT2D eigenvalue weighted by atomic mass is 16.2. The maximum absolute atomic E-state index is 11.4. The van der Waals surface area contributed by atoms with Crippen LogP contribution in [0.4, 0.5) is 5.69 Å².